The van der Waals surface area contributed by atoms with Gasteiger partial charge in [-0.25, -0.2) is 0 Å². The van der Waals surface area contributed by atoms with Crippen LogP contribution in [0.4, 0.5) is 0 Å². The molecule has 0 aliphatic carbocycles. The third-order valence-electron chi connectivity index (χ3n) is 9.86. The molecule has 0 N–H and O–H groups in total. The number of para-hydroxylation sites is 4. The van der Waals surface area contributed by atoms with Gasteiger partial charge in [-0.15, -0.1) is 0 Å². The lowest BCUT2D eigenvalue weighted by Gasteiger charge is -2.20. The molecule has 7 aromatic carbocycles. The van der Waals surface area contributed by atoms with E-state index in [1.54, 1.807) is 36.4 Å². The molecule has 0 radical (unpaired) electrons. The van der Waals surface area contributed by atoms with Crippen LogP contribution in [0.3, 0.4) is 0 Å². The van der Waals surface area contributed by atoms with E-state index in [4.69, 9.17) is 0 Å². The lowest BCUT2D eigenvalue weighted by molar-refractivity contribution is 1.17. The molecule has 9 aromatic rings. The molecule has 2 aromatic heterocycles. The molecule has 52 heavy (non-hydrogen) atoms. The van der Waals surface area contributed by atoms with Crippen LogP contribution in [0.25, 0.3) is 77.2 Å². The lowest BCUT2D eigenvalue weighted by atomic mass is 9.84. The van der Waals surface area contributed by atoms with Crippen LogP contribution < -0.4 is 0 Å². The van der Waals surface area contributed by atoms with Crippen molar-refractivity contribution in [3.8, 4) is 57.9 Å². The van der Waals surface area contributed by atoms with E-state index in [1.807, 2.05) is 84.9 Å². The summed E-state index contributed by atoms with van der Waals surface area (Å²) in [5.41, 5.74) is 9.06. The van der Waals surface area contributed by atoms with Crippen LogP contribution in [-0.4, -0.2) is 9.13 Å². The molecule has 6 heteroatoms. The van der Waals surface area contributed by atoms with Crippen molar-refractivity contribution in [2.45, 2.75) is 0 Å². The van der Waals surface area contributed by atoms with Gasteiger partial charge < -0.3 is 9.13 Å². The van der Waals surface area contributed by atoms with Crippen molar-refractivity contribution < 1.29 is 0 Å². The van der Waals surface area contributed by atoms with Gasteiger partial charge in [-0.2, -0.15) is 21.0 Å². The lowest BCUT2D eigenvalue weighted by Crippen LogP contribution is -2.02. The minimum Gasteiger partial charge on any atom is -0.309 e. The first-order chi connectivity index (χ1) is 25.7. The summed E-state index contributed by atoms with van der Waals surface area (Å²) in [6.45, 7) is 0. The smallest absolute Gasteiger partial charge is 0.0998 e. The average Bonchev–Trinajstić information content (AvgIpc) is 3.74. The Morgan fingerprint density at radius 1 is 0.327 bits per heavy atom. The molecule has 0 atom stereocenters. The molecule has 6 nitrogen and oxygen atoms in total. The normalized spacial score (nSPS) is 11.0. The van der Waals surface area contributed by atoms with Crippen LogP contribution in [0, 0.1) is 45.3 Å². The molecule has 0 fully saturated rings. The summed E-state index contributed by atoms with van der Waals surface area (Å²) in [5.74, 6) is 0. The van der Waals surface area contributed by atoms with Gasteiger partial charge in [0, 0.05) is 55.2 Å². The summed E-state index contributed by atoms with van der Waals surface area (Å²) in [4.78, 5) is 0. The van der Waals surface area contributed by atoms with Gasteiger partial charge in [-0.1, -0.05) is 84.9 Å². The summed E-state index contributed by atoms with van der Waals surface area (Å²) < 4.78 is 4.38. The van der Waals surface area contributed by atoms with Crippen molar-refractivity contribution in [3.05, 3.63) is 168 Å². The Kier molecular flexibility index (Phi) is 6.91. The number of rotatable bonds is 4. The first-order valence-electron chi connectivity index (χ1n) is 16.7. The van der Waals surface area contributed by atoms with Crippen molar-refractivity contribution in [2.24, 2.45) is 0 Å². The molecule has 9 rings (SSSR count). The fourth-order valence-electron chi connectivity index (χ4n) is 7.89. The molecule has 0 bridgehead atoms. The molecule has 0 aliphatic rings. The fourth-order valence-corrected chi connectivity index (χ4v) is 7.89. The number of nitriles is 4. The quantitative estimate of drug-likeness (QED) is 0.187. The van der Waals surface area contributed by atoms with Crippen molar-refractivity contribution in [1.29, 1.82) is 21.0 Å². The fraction of sp³-hybridized carbons (Fsp3) is 0. The molecule has 0 spiro atoms. The van der Waals surface area contributed by atoms with Crippen LogP contribution in [0.2, 0.25) is 0 Å². The van der Waals surface area contributed by atoms with Crippen molar-refractivity contribution in [1.82, 2.24) is 9.13 Å². The van der Waals surface area contributed by atoms with Gasteiger partial charge >= 0.3 is 0 Å². The van der Waals surface area contributed by atoms with E-state index >= 15 is 0 Å². The molecule has 0 saturated carbocycles. The highest BCUT2D eigenvalue weighted by molar-refractivity contribution is 6.34. The maximum Gasteiger partial charge on any atom is 0.0998 e. The van der Waals surface area contributed by atoms with E-state index in [-0.39, 0.29) is 0 Å². The van der Waals surface area contributed by atoms with Crippen molar-refractivity contribution in [2.75, 3.05) is 0 Å². The maximum absolute atomic E-state index is 10.7. The van der Waals surface area contributed by atoms with Gasteiger partial charge in [0.25, 0.3) is 0 Å². The number of aromatic nitrogens is 2. The van der Waals surface area contributed by atoms with Crippen LogP contribution in [-0.2, 0) is 0 Å². The van der Waals surface area contributed by atoms with Crippen LogP contribution in [0.1, 0.15) is 22.3 Å². The standard InChI is InChI=1S/C46H24N6/c47-25-29-13-11-14-30(26-48)39(29)43-42-36-22-8-10-24-38(36)52(34-19-5-2-6-20-34)46(42)44(40-31(27-49)15-12-16-32(40)28-50)41-35-21-7-9-23-37(35)51(45(41)43)33-17-3-1-4-18-33/h1-24H. The third-order valence-corrected chi connectivity index (χ3v) is 9.86. The summed E-state index contributed by atoms with van der Waals surface area (Å²) in [6.07, 6.45) is 0. The Morgan fingerprint density at radius 2 is 0.654 bits per heavy atom. The Morgan fingerprint density at radius 3 is 1.00 bits per heavy atom. The van der Waals surface area contributed by atoms with Gasteiger partial charge in [0.2, 0.25) is 0 Å². The summed E-state index contributed by atoms with van der Waals surface area (Å²) in [6, 6.07) is 56.4. The zero-order valence-electron chi connectivity index (χ0n) is 27.5. The van der Waals surface area contributed by atoms with Crippen LogP contribution in [0.15, 0.2) is 146 Å². The molecule has 0 aliphatic heterocycles. The molecular formula is C46H24N6. The number of nitrogens with zero attached hydrogens (tertiary/aromatic N) is 6. The van der Waals surface area contributed by atoms with Crippen molar-refractivity contribution >= 4 is 43.6 Å². The second-order valence-corrected chi connectivity index (χ2v) is 12.5. The summed E-state index contributed by atoms with van der Waals surface area (Å²) in [7, 11) is 0. The van der Waals surface area contributed by atoms with Gasteiger partial charge in [0.05, 0.1) is 68.6 Å². The molecule has 0 amide bonds. The third kappa shape index (κ3) is 4.20. The highest BCUT2D eigenvalue weighted by Crippen LogP contribution is 2.53. The first-order valence-corrected chi connectivity index (χ1v) is 16.7. The highest BCUT2D eigenvalue weighted by Gasteiger charge is 2.32. The van der Waals surface area contributed by atoms with Gasteiger partial charge in [0.1, 0.15) is 0 Å². The van der Waals surface area contributed by atoms with Crippen molar-refractivity contribution in [3.63, 3.8) is 0 Å². The SMILES string of the molecule is N#Cc1cccc(C#N)c1-c1c2c3ccccc3n(-c3ccccc3)c2c(-c2c(C#N)cccc2C#N)c2c3ccccc3n(-c3ccccc3)c12. The van der Waals surface area contributed by atoms with E-state index in [2.05, 4.69) is 57.7 Å². The number of benzene rings is 7. The molecule has 238 valence electrons. The maximum atomic E-state index is 10.7. The minimum absolute atomic E-state index is 0.367. The van der Waals surface area contributed by atoms with E-state index in [1.165, 1.54) is 0 Å². The topological polar surface area (TPSA) is 105 Å². The van der Waals surface area contributed by atoms with E-state index in [0.29, 0.717) is 33.4 Å². The number of hydrogen-bond acceptors (Lipinski definition) is 4. The second kappa shape index (κ2) is 11.9. The Balaban J connectivity index is 1.75. The molecular weight excluding hydrogens is 637 g/mol. The molecule has 0 saturated heterocycles. The zero-order chi connectivity index (χ0) is 35.3. The Labute approximate surface area is 298 Å². The summed E-state index contributed by atoms with van der Waals surface area (Å²) in [5, 5.41) is 46.2. The summed E-state index contributed by atoms with van der Waals surface area (Å²) >= 11 is 0. The minimum atomic E-state index is 0.367. The van der Waals surface area contributed by atoms with Gasteiger partial charge in [-0.3, -0.25) is 0 Å². The number of fused-ring (bicyclic) bond motifs is 6. The first kappa shape index (κ1) is 30.2. The highest BCUT2D eigenvalue weighted by atomic mass is 15.0. The molecule has 0 unspecified atom stereocenters. The van der Waals surface area contributed by atoms with Crippen LogP contribution in [0.5, 0.6) is 0 Å². The molecule has 2 heterocycles. The van der Waals surface area contributed by atoms with E-state index in [9.17, 15) is 21.0 Å². The van der Waals surface area contributed by atoms with Gasteiger partial charge in [-0.05, 0) is 60.7 Å². The predicted octanol–water partition coefficient (Wildman–Crippen LogP) is 10.7. The van der Waals surface area contributed by atoms with E-state index < -0.39 is 0 Å². The second-order valence-electron chi connectivity index (χ2n) is 12.5. The Hall–Kier alpha value is -7.90. The predicted molar refractivity (Wildman–Crippen MR) is 205 cm³/mol. The zero-order valence-corrected chi connectivity index (χ0v) is 27.5. The van der Waals surface area contributed by atoms with Gasteiger partial charge in [0.15, 0.2) is 0 Å². The van der Waals surface area contributed by atoms with Crippen LogP contribution >= 0.6 is 0 Å². The largest absolute Gasteiger partial charge is 0.309 e. The monoisotopic (exact) mass is 660 g/mol. The Bertz CT molecular complexity index is 2820. The number of hydrogen-bond donors (Lipinski definition) is 0. The van der Waals surface area contributed by atoms with E-state index in [0.717, 1.165) is 66.1 Å². The average molecular weight is 661 g/mol.